The van der Waals surface area contributed by atoms with E-state index in [2.05, 4.69) is 29.1 Å². The maximum atomic E-state index is 5.39. The topological polar surface area (TPSA) is 31.6 Å². The minimum absolute atomic E-state index is 0.301. The summed E-state index contributed by atoms with van der Waals surface area (Å²) in [5, 5.41) is 3.51. The van der Waals surface area contributed by atoms with Crippen molar-refractivity contribution in [1.29, 1.82) is 0 Å². The number of nitrogens with zero attached hydrogens (tertiary/aromatic N) is 2. The average Bonchev–Trinajstić information content (AvgIpc) is 2.81. The molecule has 0 aromatic carbocycles. The van der Waals surface area contributed by atoms with Crippen molar-refractivity contribution in [1.82, 2.24) is 15.1 Å². The zero-order valence-corrected chi connectivity index (χ0v) is 11.6. The Kier molecular flexibility index (Phi) is 5.23. The number of likely N-dealkylation sites (N-methyl/N-ethyl adjacent to an activating group) is 1. The third kappa shape index (κ3) is 4.12. The molecule has 2 heterocycles. The smallest absolute Gasteiger partial charge is 0.120 e. The van der Waals surface area contributed by atoms with E-state index in [4.69, 9.17) is 4.42 Å². The van der Waals surface area contributed by atoms with Crippen molar-refractivity contribution >= 4 is 0 Å². The summed E-state index contributed by atoms with van der Waals surface area (Å²) in [6, 6.07) is 4.27. The molecule has 0 saturated carbocycles. The molecule has 102 valence electrons. The van der Waals surface area contributed by atoms with Crippen molar-refractivity contribution in [3.63, 3.8) is 0 Å². The van der Waals surface area contributed by atoms with Gasteiger partial charge >= 0.3 is 0 Å². The minimum Gasteiger partial charge on any atom is -0.468 e. The second kappa shape index (κ2) is 6.92. The highest BCUT2D eigenvalue weighted by Crippen LogP contribution is 2.11. The molecule has 0 amide bonds. The van der Waals surface area contributed by atoms with Crippen LogP contribution in [-0.2, 0) is 0 Å². The van der Waals surface area contributed by atoms with Gasteiger partial charge in [-0.3, -0.25) is 0 Å². The Hall–Kier alpha value is -0.840. The van der Waals surface area contributed by atoms with Gasteiger partial charge in [0.05, 0.1) is 12.3 Å². The lowest BCUT2D eigenvalue weighted by Gasteiger charge is -2.21. The number of rotatable bonds is 5. The van der Waals surface area contributed by atoms with Crippen LogP contribution in [0.3, 0.4) is 0 Å². The van der Waals surface area contributed by atoms with Crippen molar-refractivity contribution in [2.45, 2.75) is 19.4 Å². The second-order valence-corrected chi connectivity index (χ2v) is 5.19. The van der Waals surface area contributed by atoms with Crippen molar-refractivity contribution in [2.75, 3.05) is 46.3 Å². The molecule has 0 aliphatic carbocycles. The fourth-order valence-corrected chi connectivity index (χ4v) is 2.40. The largest absolute Gasteiger partial charge is 0.468 e. The van der Waals surface area contributed by atoms with Gasteiger partial charge in [0.2, 0.25) is 0 Å². The van der Waals surface area contributed by atoms with Gasteiger partial charge in [0, 0.05) is 26.2 Å². The lowest BCUT2D eigenvalue weighted by Crippen LogP contribution is -2.35. The van der Waals surface area contributed by atoms with Gasteiger partial charge in [-0.2, -0.15) is 0 Å². The first kappa shape index (κ1) is 13.6. The molecule has 1 fully saturated rings. The van der Waals surface area contributed by atoms with Crippen LogP contribution in [0.2, 0.25) is 0 Å². The van der Waals surface area contributed by atoms with E-state index in [1.165, 1.54) is 32.6 Å². The Morgan fingerprint density at radius 2 is 2.22 bits per heavy atom. The van der Waals surface area contributed by atoms with Crippen LogP contribution in [-0.4, -0.2) is 56.1 Å². The van der Waals surface area contributed by atoms with E-state index in [9.17, 15) is 0 Å². The van der Waals surface area contributed by atoms with E-state index >= 15 is 0 Å². The zero-order valence-electron chi connectivity index (χ0n) is 11.6. The van der Waals surface area contributed by atoms with Gasteiger partial charge < -0.3 is 19.5 Å². The molecule has 1 atom stereocenters. The molecule has 0 bridgehead atoms. The van der Waals surface area contributed by atoms with Crippen LogP contribution in [0.4, 0.5) is 0 Å². The Bertz CT molecular complexity index is 326. The summed E-state index contributed by atoms with van der Waals surface area (Å²) < 4.78 is 5.39. The maximum absolute atomic E-state index is 5.39. The number of nitrogens with one attached hydrogen (secondary N) is 1. The van der Waals surface area contributed by atoms with Gasteiger partial charge in [0.15, 0.2) is 0 Å². The molecule has 18 heavy (non-hydrogen) atoms. The van der Waals surface area contributed by atoms with Crippen molar-refractivity contribution < 1.29 is 4.42 Å². The molecule has 0 radical (unpaired) electrons. The minimum atomic E-state index is 0.301. The quantitative estimate of drug-likeness (QED) is 0.861. The lowest BCUT2D eigenvalue weighted by molar-refractivity contribution is 0.270. The summed E-state index contributed by atoms with van der Waals surface area (Å²) in [6.45, 7) is 9.12. The van der Waals surface area contributed by atoms with E-state index in [1.807, 2.05) is 12.1 Å². The lowest BCUT2D eigenvalue weighted by atomic mass is 10.2. The van der Waals surface area contributed by atoms with Gasteiger partial charge in [-0.05, 0) is 45.6 Å². The Labute approximate surface area is 110 Å². The summed E-state index contributed by atoms with van der Waals surface area (Å²) in [4.78, 5) is 4.96. The van der Waals surface area contributed by atoms with Crippen LogP contribution in [0, 0.1) is 0 Å². The molecule has 4 heteroatoms. The molecule has 0 spiro atoms. The third-order valence-corrected chi connectivity index (χ3v) is 3.66. The Morgan fingerprint density at radius 1 is 1.33 bits per heavy atom. The zero-order chi connectivity index (χ0) is 12.8. The van der Waals surface area contributed by atoms with Crippen molar-refractivity contribution in [3.8, 4) is 0 Å². The molecule has 1 unspecified atom stereocenters. The standard InChI is InChI=1S/C14H25N3O/c1-13(14-5-3-12-18-14)15-6-9-17-8-4-7-16(2)10-11-17/h3,5,12-13,15H,4,6-11H2,1-2H3. The number of furan rings is 1. The van der Waals surface area contributed by atoms with E-state index in [0.717, 1.165) is 18.8 Å². The molecule has 1 N–H and O–H groups in total. The van der Waals surface area contributed by atoms with Crippen LogP contribution in [0.1, 0.15) is 25.1 Å². The molecule has 1 aliphatic heterocycles. The molecule has 1 aromatic rings. The Morgan fingerprint density at radius 3 is 3.00 bits per heavy atom. The highest BCUT2D eigenvalue weighted by molar-refractivity contribution is 5.02. The SMILES string of the molecule is CC(NCCN1CCCN(C)CC1)c1ccco1. The predicted molar refractivity (Wildman–Crippen MR) is 73.7 cm³/mol. The van der Waals surface area contributed by atoms with Crippen LogP contribution >= 0.6 is 0 Å². The van der Waals surface area contributed by atoms with Gasteiger partial charge in [-0.25, -0.2) is 0 Å². The highest BCUT2D eigenvalue weighted by atomic mass is 16.3. The molecule has 4 nitrogen and oxygen atoms in total. The van der Waals surface area contributed by atoms with Gasteiger partial charge in [0.1, 0.15) is 5.76 Å². The fourth-order valence-electron chi connectivity index (χ4n) is 2.40. The van der Waals surface area contributed by atoms with E-state index in [-0.39, 0.29) is 0 Å². The summed E-state index contributed by atoms with van der Waals surface area (Å²) in [6.07, 6.45) is 3.02. The Balaban J connectivity index is 1.65. The van der Waals surface area contributed by atoms with Crippen LogP contribution in [0.25, 0.3) is 0 Å². The van der Waals surface area contributed by atoms with E-state index in [0.29, 0.717) is 6.04 Å². The van der Waals surface area contributed by atoms with Gasteiger partial charge in [-0.1, -0.05) is 0 Å². The van der Waals surface area contributed by atoms with Crippen molar-refractivity contribution in [2.24, 2.45) is 0 Å². The average molecular weight is 251 g/mol. The summed E-state index contributed by atoms with van der Waals surface area (Å²) in [5.74, 6) is 1.02. The molecule has 1 aliphatic rings. The predicted octanol–water partition coefficient (Wildman–Crippen LogP) is 1.57. The summed E-state index contributed by atoms with van der Waals surface area (Å²) in [7, 11) is 2.21. The fraction of sp³-hybridized carbons (Fsp3) is 0.714. The van der Waals surface area contributed by atoms with Gasteiger partial charge in [0.25, 0.3) is 0 Å². The van der Waals surface area contributed by atoms with E-state index in [1.54, 1.807) is 6.26 Å². The first-order chi connectivity index (χ1) is 8.75. The molecular formula is C14H25N3O. The number of hydrogen-bond acceptors (Lipinski definition) is 4. The highest BCUT2D eigenvalue weighted by Gasteiger charge is 2.12. The molecule has 2 rings (SSSR count). The van der Waals surface area contributed by atoms with Crippen LogP contribution in [0.5, 0.6) is 0 Å². The van der Waals surface area contributed by atoms with Crippen LogP contribution < -0.4 is 5.32 Å². The van der Waals surface area contributed by atoms with Crippen molar-refractivity contribution in [3.05, 3.63) is 24.2 Å². The number of hydrogen-bond donors (Lipinski definition) is 1. The molecular weight excluding hydrogens is 226 g/mol. The second-order valence-electron chi connectivity index (χ2n) is 5.19. The maximum Gasteiger partial charge on any atom is 0.120 e. The third-order valence-electron chi connectivity index (χ3n) is 3.66. The normalized spacial score (nSPS) is 20.8. The first-order valence-electron chi connectivity index (χ1n) is 6.93. The molecule has 1 saturated heterocycles. The summed E-state index contributed by atoms with van der Waals surface area (Å²) in [5.41, 5.74) is 0. The first-order valence-corrected chi connectivity index (χ1v) is 6.93. The molecule has 1 aromatic heterocycles. The van der Waals surface area contributed by atoms with Crippen LogP contribution in [0.15, 0.2) is 22.8 Å². The van der Waals surface area contributed by atoms with Gasteiger partial charge in [-0.15, -0.1) is 0 Å². The summed E-state index contributed by atoms with van der Waals surface area (Å²) >= 11 is 0. The monoisotopic (exact) mass is 251 g/mol. The van der Waals surface area contributed by atoms with E-state index < -0.39 is 0 Å².